The molecule has 0 saturated heterocycles. The molecule has 0 saturated carbocycles. The van der Waals surface area contributed by atoms with E-state index in [9.17, 15) is 18.4 Å². The number of hydrogen-bond donors (Lipinski definition) is 5. The standard InChI is InChI=1S/C9H11F2N3O6.C6H15N/c10-9(11,6(17)4(16)3-15)7(18)14-2-1-5(13-20)12-8(14)19;1-4-7(5-2)6-3/h1-2,4,6,15-17,20H,3H2,(H,12,13,19);4-6H2,1-3H3/t4-,6-;/m1./s1. The number of alkyl halides is 2. The molecule has 1 heterocycles. The summed E-state index contributed by atoms with van der Waals surface area (Å²) in [5.74, 6) is -7.04. The zero-order chi connectivity index (χ0) is 21.2. The second-order valence-corrected chi connectivity index (χ2v) is 5.32. The van der Waals surface area contributed by atoms with E-state index >= 15 is 0 Å². The fraction of sp³-hybridized carbons (Fsp3) is 0.667. The molecule has 0 fully saturated rings. The van der Waals surface area contributed by atoms with Gasteiger partial charge in [0.25, 0.3) is 0 Å². The van der Waals surface area contributed by atoms with E-state index in [-0.39, 0.29) is 10.4 Å². The van der Waals surface area contributed by atoms with Crippen LogP contribution >= 0.6 is 0 Å². The minimum absolute atomic E-state index is 0.103. The average molecular weight is 396 g/mol. The van der Waals surface area contributed by atoms with E-state index in [4.69, 9.17) is 20.5 Å². The molecule has 12 heteroatoms. The number of nitrogens with one attached hydrogen (secondary N) is 1. The fourth-order valence-corrected chi connectivity index (χ4v) is 1.92. The maximum absolute atomic E-state index is 13.6. The second kappa shape index (κ2) is 11.7. The number of carbonyl (C=O) groups is 1. The van der Waals surface area contributed by atoms with Crippen LogP contribution in [0.25, 0.3) is 0 Å². The summed E-state index contributed by atoms with van der Waals surface area (Å²) in [7, 11) is 0. The molecule has 5 N–H and O–H groups in total. The highest BCUT2D eigenvalue weighted by molar-refractivity contribution is 5.86. The van der Waals surface area contributed by atoms with Gasteiger partial charge in [-0.05, 0) is 25.7 Å². The third-order valence-electron chi connectivity index (χ3n) is 3.69. The van der Waals surface area contributed by atoms with E-state index in [1.54, 1.807) is 0 Å². The largest absolute Gasteiger partial charge is 0.394 e. The first-order chi connectivity index (χ1) is 12.6. The zero-order valence-electron chi connectivity index (χ0n) is 15.3. The van der Waals surface area contributed by atoms with E-state index in [1.165, 1.54) is 25.1 Å². The first kappa shape index (κ1) is 25.0. The highest BCUT2D eigenvalue weighted by Gasteiger charge is 2.50. The molecule has 0 aliphatic heterocycles. The van der Waals surface area contributed by atoms with Crippen LogP contribution in [0.5, 0.6) is 0 Å². The number of halogens is 2. The normalized spacial score (nSPS) is 13.6. The van der Waals surface area contributed by atoms with Crippen LogP contribution < -0.4 is 11.2 Å². The van der Waals surface area contributed by atoms with Gasteiger partial charge in [-0.15, -0.1) is 0 Å². The Balaban J connectivity index is 0.000000821. The summed E-state index contributed by atoms with van der Waals surface area (Å²) in [6.45, 7) is 8.92. The lowest BCUT2D eigenvalue weighted by Gasteiger charge is -2.24. The van der Waals surface area contributed by atoms with Gasteiger partial charge in [0.2, 0.25) is 0 Å². The first-order valence-corrected chi connectivity index (χ1v) is 8.22. The highest BCUT2D eigenvalue weighted by atomic mass is 19.3. The van der Waals surface area contributed by atoms with Crippen molar-refractivity contribution in [1.29, 1.82) is 0 Å². The number of hydrogen-bond acceptors (Lipinski definition) is 9. The number of rotatable bonds is 8. The predicted octanol–water partition coefficient (Wildman–Crippen LogP) is -0.618. The average Bonchev–Trinajstić information content (AvgIpc) is 2.67. The van der Waals surface area contributed by atoms with Crippen LogP contribution in [-0.2, 0) is 0 Å². The lowest BCUT2D eigenvalue weighted by atomic mass is 10.1. The Morgan fingerprint density at radius 2 is 1.81 bits per heavy atom. The summed E-state index contributed by atoms with van der Waals surface area (Å²) in [5, 5.41) is 35.0. The van der Waals surface area contributed by atoms with Crippen molar-refractivity contribution in [2.75, 3.05) is 31.7 Å². The van der Waals surface area contributed by atoms with Gasteiger partial charge < -0.3 is 20.2 Å². The van der Waals surface area contributed by atoms with Crippen molar-refractivity contribution >= 4 is 11.7 Å². The minimum Gasteiger partial charge on any atom is -0.394 e. The summed E-state index contributed by atoms with van der Waals surface area (Å²) in [5.41, 5.74) is 0.0460. The summed E-state index contributed by atoms with van der Waals surface area (Å²) < 4.78 is 27.0. The third-order valence-corrected chi connectivity index (χ3v) is 3.69. The smallest absolute Gasteiger partial charge is 0.356 e. The number of aromatic nitrogens is 2. The van der Waals surface area contributed by atoms with Gasteiger partial charge in [0.15, 0.2) is 11.9 Å². The van der Waals surface area contributed by atoms with Gasteiger partial charge in [-0.1, -0.05) is 20.8 Å². The molecule has 10 nitrogen and oxygen atoms in total. The first-order valence-electron chi connectivity index (χ1n) is 8.22. The molecule has 2 atom stereocenters. The van der Waals surface area contributed by atoms with Gasteiger partial charge in [-0.2, -0.15) is 13.8 Å². The van der Waals surface area contributed by atoms with Gasteiger partial charge in [0, 0.05) is 6.20 Å². The Labute approximate surface area is 154 Å². The Morgan fingerprint density at radius 3 is 2.15 bits per heavy atom. The Bertz CT molecular complexity index is 633. The maximum atomic E-state index is 13.6. The SMILES string of the molecule is CCN(CC)CC.O=C(n1ccc(NO)nc1=O)C(F)(F)[C@H](O)[C@H](O)CO. The molecule has 0 unspecified atom stereocenters. The summed E-state index contributed by atoms with van der Waals surface area (Å²) >= 11 is 0. The minimum atomic E-state index is -4.53. The van der Waals surface area contributed by atoms with Crippen LogP contribution in [0.1, 0.15) is 25.6 Å². The van der Waals surface area contributed by atoms with Crippen molar-refractivity contribution in [3.05, 3.63) is 22.7 Å². The maximum Gasteiger partial charge on any atom is 0.356 e. The Kier molecular flexibility index (Phi) is 10.8. The fourth-order valence-electron chi connectivity index (χ4n) is 1.92. The predicted molar refractivity (Wildman–Crippen MR) is 92.0 cm³/mol. The van der Waals surface area contributed by atoms with Gasteiger partial charge in [0.1, 0.15) is 6.10 Å². The van der Waals surface area contributed by atoms with Crippen molar-refractivity contribution in [2.45, 2.75) is 38.9 Å². The summed E-state index contributed by atoms with van der Waals surface area (Å²) in [6.07, 6.45) is -4.57. The summed E-state index contributed by atoms with van der Waals surface area (Å²) in [6, 6.07) is 0.851. The monoisotopic (exact) mass is 396 g/mol. The quantitative estimate of drug-likeness (QED) is 0.363. The van der Waals surface area contributed by atoms with Gasteiger partial charge in [0.05, 0.1) is 6.61 Å². The van der Waals surface area contributed by atoms with Gasteiger partial charge >= 0.3 is 17.5 Å². The summed E-state index contributed by atoms with van der Waals surface area (Å²) in [4.78, 5) is 28.2. The third kappa shape index (κ3) is 6.92. The molecule has 0 aromatic carbocycles. The van der Waals surface area contributed by atoms with Crippen LogP contribution in [0.2, 0.25) is 0 Å². The van der Waals surface area contributed by atoms with E-state index < -0.39 is 36.3 Å². The Morgan fingerprint density at radius 1 is 1.30 bits per heavy atom. The van der Waals surface area contributed by atoms with E-state index in [0.717, 1.165) is 6.07 Å². The topological polar surface area (TPSA) is 148 Å². The van der Waals surface area contributed by atoms with Crippen LogP contribution in [0.3, 0.4) is 0 Å². The molecule has 27 heavy (non-hydrogen) atoms. The number of aliphatic hydroxyl groups excluding tert-OH is 3. The van der Waals surface area contributed by atoms with Crippen molar-refractivity contribution in [3.8, 4) is 0 Å². The van der Waals surface area contributed by atoms with Crippen molar-refractivity contribution in [3.63, 3.8) is 0 Å². The molecule has 0 radical (unpaired) electrons. The van der Waals surface area contributed by atoms with Crippen molar-refractivity contribution in [1.82, 2.24) is 14.5 Å². The number of carbonyl (C=O) groups excluding carboxylic acids is 1. The Hall–Kier alpha value is -1.99. The lowest BCUT2D eigenvalue weighted by Crippen LogP contribution is -2.53. The molecular formula is C15H26F2N4O6. The van der Waals surface area contributed by atoms with Crippen molar-refractivity contribution in [2.24, 2.45) is 0 Å². The van der Waals surface area contributed by atoms with Crippen LogP contribution in [0.15, 0.2) is 17.1 Å². The van der Waals surface area contributed by atoms with Crippen LogP contribution in [0, 0.1) is 0 Å². The molecular weight excluding hydrogens is 370 g/mol. The molecule has 0 spiro atoms. The molecule has 0 bridgehead atoms. The van der Waals surface area contributed by atoms with Gasteiger partial charge in [-0.3, -0.25) is 15.5 Å². The highest BCUT2D eigenvalue weighted by Crippen LogP contribution is 2.23. The molecule has 156 valence electrons. The van der Waals surface area contributed by atoms with E-state index in [2.05, 4.69) is 30.7 Å². The number of aliphatic hydroxyl groups is 3. The zero-order valence-corrected chi connectivity index (χ0v) is 15.3. The van der Waals surface area contributed by atoms with E-state index in [1.807, 2.05) is 0 Å². The number of nitrogens with zero attached hydrogens (tertiary/aromatic N) is 3. The number of anilines is 1. The lowest BCUT2D eigenvalue weighted by molar-refractivity contribution is -0.136. The second-order valence-electron chi connectivity index (χ2n) is 5.32. The molecule has 1 aromatic heterocycles. The van der Waals surface area contributed by atoms with Crippen LogP contribution in [-0.4, -0.2) is 85.3 Å². The molecule has 1 rings (SSSR count). The van der Waals surface area contributed by atoms with Crippen molar-refractivity contribution < 1.29 is 34.1 Å². The van der Waals surface area contributed by atoms with E-state index in [0.29, 0.717) is 6.20 Å². The molecule has 1 aromatic rings. The molecule has 0 aliphatic carbocycles. The molecule has 0 aliphatic rings. The van der Waals surface area contributed by atoms with Gasteiger partial charge in [-0.25, -0.2) is 9.36 Å². The molecule has 0 amide bonds. The van der Waals surface area contributed by atoms with Crippen LogP contribution in [0.4, 0.5) is 14.6 Å².